The minimum atomic E-state index is -3.04. The van der Waals surface area contributed by atoms with E-state index in [2.05, 4.69) is 20.4 Å². The van der Waals surface area contributed by atoms with Crippen LogP contribution in [0.3, 0.4) is 0 Å². The second-order valence-corrected chi connectivity index (χ2v) is 8.11. The first kappa shape index (κ1) is 27.8. The molecule has 0 radical (unpaired) electrons. The van der Waals surface area contributed by atoms with Gasteiger partial charge in [0.05, 0.1) is 31.6 Å². The highest BCUT2D eigenvalue weighted by Gasteiger charge is 2.09. The second kappa shape index (κ2) is 14.7. The summed E-state index contributed by atoms with van der Waals surface area (Å²) in [5, 5.41) is 16.2. The van der Waals surface area contributed by atoms with Gasteiger partial charge < -0.3 is 25.2 Å². The zero-order valence-electron chi connectivity index (χ0n) is 16.3. The molecular formula is C17H28F2IN3O5S. The molecule has 0 amide bonds. The lowest BCUT2D eigenvalue weighted by atomic mass is 10.1. The molecule has 1 rings (SSSR count). The van der Waals surface area contributed by atoms with E-state index < -0.39 is 22.6 Å². The second-order valence-electron chi connectivity index (χ2n) is 5.85. The molecule has 0 saturated carbocycles. The van der Waals surface area contributed by atoms with E-state index in [1.165, 1.54) is 24.3 Å². The van der Waals surface area contributed by atoms with Crippen LogP contribution in [0, 0.1) is 0 Å². The Morgan fingerprint density at radius 2 is 1.86 bits per heavy atom. The van der Waals surface area contributed by atoms with Gasteiger partial charge in [-0.25, -0.2) is 8.42 Å². The minimum absolute atomic E-state index is 0. The molecule has 1 aromatic carbocycles. The average Bonchev–Trinajstić information content (AvgIpc) is 2.61. The molecule has 1 atom stereocenters. The molecule has 8 nitrogen and oxygen atoms in total. The smallest absolute Gasteiger partial charge is 0.387 e. The Balaban J connectivity index is 0.00000784. The average molecular weight is 551 g/mol. The van der Waals surface area contributed by atoms with E-state index >= 15 is 0 Å². The van der Waals surface area contributed by atoms with Crippen LogP contribution < -0.4 is 15.4 Å². The maximum absolute atomic E-state index is 12.1. The van der Waals surface area contributed by atoms with Crippen molar-refractivity contribution >= 4 is 39.8 Å². The lowest BCUT2D eigenvalue weighted by Gasteiger charge is -2.14. The zero-order valence-corrected chi connectivity index (χ0v) is 19.5. The Kier molecular flexibility index (Phi) is 14.1. The number of halogens is 3. The summed E-state index contributed by atoms with van der Waals surface area (Å²) in [7, 11) is -3.04. The van der Waals surface area contributed by atoms with Crippen molar-refractivity contribution in [3.05, 3.63) is 29.8 Å². The first-order chi connectivity index (χ1) is 13.2. The van der Waals surface area contributed by atoms with Gasteiger partial charge in [-0.3, -0.25) is 4.99 Å². The van der Waals surface area contributed by atoms with Crippen LogP contribution in [0.1, 0.15) is 18.6 Å². The Labute approximate surface area is 187 Å². The van der Waals surface area contributed by atoms with E-state index in [0.717, 1.165) is 6.26 Å². The van der Waals surface area contributed by atoms with Crippen molar-refractivity contribution in [2.75, 3.05) is 44.9 Å². The highest BCUT2D eigenvalue weighted by atomic mass is 127. The van der Waals surface area contributed by atoms with Gasteiger partial charge in [0.2, 0.25) is 0 Å². The summed E-state index contributed by atoms with van der Waals surface area (Å²) in [6.07, 6.45) is 0.233. The predicted molar refractivity (Wildman–Crippen MR) is 118 cm³/mol. The normalized spacial score (nSPS) is 13.0. The number of aliphatic hydroxyl groups excluding tert-OH is 1. The standard InChI is InChI=1S/C17H27F2N3O5S.HI/c1-3-20-17(21-8-9-26-10-11-28(2,24)25)22-12-15(23)13-4-6-14(7-5-13)27-16(18)19;/h4-7,15-16,23H,3,8-12H2,1-2H3,(H2,20,21,22);1H. The lowest BCUT2D eigenvalue weighted by Crippen LogP contribution is -2.39. The van der Waals surface area contributed by atoms with Crippen molar-refractivity contribution in [2.24, 2.45) is 4.99 Å². The third kappa shape index (κ3) is 13.6. The van der Waals surface area contributed by atoms with Gasteiger partial charge in [0.15, 0.2) is 5.96 Å². The number of ether oxygens (including phenoxy) is 2. The van der Waals surface area contributed by atoms with Crippen molar-refractivity contribution in [3.8, 4) is 5.75 Å². The van der Waals surface area contributed by atoms with E-state index in [4.69, 9.17) is 4.74 Å². The van der Waals surface area contributed by atoms with Crippen LogP contribution in [0.4, 0.5) is 8.78 Å². The largest absolute Gasteiger partial charge is 0.435 e. The van der Waals surface area contributed by atoms with Crippen LogP contribution in [0.25, 0.3) is 0 Å². The molecule has 12 heteroatoms. The van der Waals surface area contributed by atoms with Crippen LogP contribution in [-0.2, 0) is 14.6 Å². The quantitative estimate of drug-likeness (QED) is 0.157. The number of sulfone groups is 1. The molecule has 1 unspecified atom stereocenters. The van der Waals surface area contributed by atoms with Crippen LogP contribution in [-0.4, -0.2) is 71.0 Å². The Morgan fingerprint density at radius 3 is 2.41 bits per heavy atom. The molecule has 0 heterocycles. The third-order valence-corrected chi connectivity index (χ3v) is 4.30. The van der Waals surface area contributed by atoms with Crippen molar-refractivity contribution in [1.82, 2.24) is 10.6 Å². The van der Waals surface area contributed by atoms with Gasteiger partial charge in [-0.2, -0.15) is 8.78 Å². The highest BCUT2D eigenvalue weighted by molar-refractivity contribution is 14.0. The fraction of sp³-hybridized carbons (Fsp3) is 0.588. The number of guanidine groups is 1. The molecule has 29 heavy (non-hydrogen) atoms. The summed E-state index contributed by atoms with van der Waals surface area (Å²) < 4.78 is 55.8. The van der Waals surface area contributed by atoms with Crippen molar-refractivity contribution in [3.63, 3.8) is 0 Å². The number of hydrogen-bond acceptors (Lipinski definition) is 6. The number of nitrogens with one attached hydrogen (secondary N) is 2. The molecule has 0 aromatic heterocycles. The summed E-state index contributed by atoms with van der Waals surface area (Å²) in [5.41, 5.74) is 0.519. The molecule has 3 N–H and O–H groups in total. The number of aliphatic hydroxyl groups is 1. The number of alkyl halides is 2. The van der Waals surface area contributed by atoms with Gasteiger partial charge in [-0.05, 0) is 24.6 Å². The number of rotatable bonds is 12. The monoisotopic (exact) mass is 551 g/mol. The topological polar surface area (TPSA) is 109 Å². The van der Waals surface area contributed by atoms with Gasteiger partial charge in [0, 0.05) is 19.3 Å². The summed E-state index contributed by atoms with van der Waals surface area (Å²) in [6, 6.07) is 5.69. The number of hydrogen-bond donors (Lipinski definition) is 3. The van der Waals surface area contributed by atoms with Gasteiger partial charge in [-0.1, -0.05) is 12.1 Å². The van der Waals surface area contributed by atoms with Crippen molar-refractivity contribution < 1.29 is 31.8 Å². The van der Waals surface area contributed by atoms with E-state index in [1.54, 1.807) is 0 Å². The van der Waals surface area contributed by atoms with Crippen molar-refractivity contribution in [2.45, 2.75) is 19.6 Å². The van der Waals surface area contributed by atoms with Crippen molar-refractivity contribution in [1.29, 1.82) is 0 Å². The molecular weight excluding hydrogens is 523 g/mol. The van der Waals surface area contributed by atoms with Crippen LogP contribution in [0.5, 0.6) is 5.75 Å². The number of aliphatic imine (C=N–C) groups is 1. The van der Waals surface area contributed by atoms with E-state index in [9.17, 15) is 22.3 Å². The molecule has 0 spiro atoms. The summed E-state index contributed by atoms with van der Waals surface area (Å²) in [4.78, 5) is 4.26. The predicted octanol–water partition coefficient (Wildman–Crippen LogP) is 1.56. The first-order valence-electron chi connectivity index (χ1n) is 8.71. The maximum Gasteiger partial charge on any atom is 0.387 e. The van der Waals surface area contributed by atoms with Crippen LogP contribution >= 0.6 is 24.0 Å². The maximum atomic E-state index is 12.1. The molecule has 0 saturated heterocycles. The first-order valence-corrected chi connectivity index (χ1v) is 10.8. The third-order valence-electron chi connectivity index (χ3n) is 3.39. The minimum Gasteiger partial charge on any atom is -0.435 e. The van der Waals surface area contributed by atoms with Gasteiger partial charge in [0.25, 0.3) is 0 Å². The summed E-state index contributed by atoms with van der Waals surface area (Å²) >= 11 is 0. The Morgan fingerprint density at radius 1 is 1.21 bits per heavy atom. The van der Waals surface area contributed by atoms with Crippen LogP contribution in [0.2, 0.25) is 0 Å². The molecule has 0 bridgehead atoms. The zero-order chi connectivity index (χ0) is 21.0. The SMILES string of the molecule is CCNC(=NCC(O)c1ccc(OC(F)F)cc1)NCCOCCS(C)(=O)=O.I. The molecule has 0 aliphatic carbocycles. The fourth-order valence-corrected chi connectivity index (χ4v) is 2.47. The van der Waals surface area contributed by atoms with Gasteiger partial charge in [-0.15, -0.1) is 24.0 Å². The van der Waals surface area contributed by atoms with E-state index in [0.29, 0.717) is 31.2 Å². The van der Waals surface area contributed by atoms with E-state index in [-0.39, 0.29) is 48.6 Å². The van der Waals surface area contributed by atoms with Gasteiger partial charge in [0.1, 0.15) is 15.6 Å². The van der Waals surface area contributed by atoms with Crippen LogP contribution in [0.15, 0.2) is 29.3 Å². The Bertz CT molecular complexity index is 706. The summed E-state index contributed by atoms with van der Waals surface area (Å²) in [5.74, 6) is 0.445. The summed E-state index contributed by atoms with van der Waals surface area (Å²) in [6.45, 7) is 0.482. The highest BCUT2D eigenvalue weighted by Crippen LogP contribution is 2.19. The molecule has 0 fully saturated rings. The van der Waals surface area contributed by atoms with E-state index in [1.807, 2.05) is 6.92 Å². The molecule has 168 valence electrons. The lowest BCUT2D eigenvalue weighted by molar-refractivity contribution is -0.0498. The Hall–Kier alpha value is -1.25. The van der Waals surface area contributed by atoms with Gasteiger partial charge >= 0.3 is 6.61 Å². The number of benzene rings is 1. The fourth-order valence-electron chi connectivity index (χ4n) is 2.05. The molecule has 1 aromatic rings. The molecule has 0 aliphatic rings. The number of nitrogens with zero attached hydrogens (tertiary/aromatic N) is 1. The molecule has 0 aliphatic heterocycles.